The number of likely N-dealkylation sites (tertiary alicyclic amines) is 1. The van der Waals surface area contributed by atoms with Gasteiger partial charge in [0.1, 0.15) is 23.3 Å². The highest BCUT2D eigenvalue weighted by molar-refractivity contribution is 5.92. The van der Waals surface area contributed by atoms with Crippen molar-refractivity contribution in [1.29, 1.82) is 0 Å². The minimum absolute atomic E-state index is 0.223. The van der Waals surface area contributed by atoms with Crippen LogP contribution < -0.4 is 0 Å². The Morgan fingerprint density at radius 2 is 1.97 bits per heavy atom. The molecule has 1 aliphatic heterocycles. The number of hydrogen-bond acceptors (Lipinski definition) is 5. The molecule has 0 radical (unpaired) electrons. The number of nitrogens with one attached hydrogen (secondary N) is 1. The molecule has 1 aliphatic carbocycles. The third-order valence-electron chi connectivity index (χ3n) is 6.81. The summed E-state index contributed by atoms with van der Waals surface area (Å²) in [6.45, 7) is 2.12. The van der Waals surface area contributed by atoms with Crippen molar-refractivity contribution in [2.45, 2.75) is 50.6 Å². The van der Waals surface area contributed by atoms with Crippen LogP contribution in [0.5, 0.6) is 0 Å². The Balaban J connectivity index is 1.13. The molecule has 0 spiro atoms. The van der Waals surface area contributed by atoms with E-state index in [4.69, 9.17) is 0 Å². The summed E-state index contributed by atoms with van der Waals surface area (Å²) >= 11 is 0. The SMILES string of the molecule is O=C(CCC(F)(F)F)C1CN(CC2CCC(c3nnn4cnc5[nH]ccc5c34)CC2)C1. The predicted octanol–water partition coefficient (Wildman–Crippen LogP) is 3.72. The molecule has 5 rings (SSSR count). The summed E-state index contributed by atoms with van der Waals surface area (Å²) in [5.74, 6) is 0.446. The highest BCUT2D eigenvalue weighted by atomic mass is 19.4. The standard InChI is InChI=1S/C21H25F3N6O/c22-21(23,24)7-5-17(31)15-10-29(11-15)9-13-1-3-14(4-2-13)18-19-16-6-8-25-20(16)26-12-30(19)28-27-18/h6,8,12-15,25H,1-5,7,9-11H2. The highest BCUT2D eigenvalue weighted by Crippen LogP contribution is 2.38. The number of hydrogen-bond donors (Lipinski definition) is 1. The number of rotatable bonds is 6. The van der Waals surface area contributed by atoms with E-state index in [-0.39, 0.29) is 18.1 Å². The number of carbonyl (C=O) groups is 1. The van der Waals surface area contributed by atoms with Gasteiger partial charge in [0.25, 0.3) is 0 Å². The van der Waals surface area contributed by atoms with Crippen LogP contribution in [-0.2, 0) is 4.79 Å². The number of aromatic amines is 1. The normalized spacial score (nSPS) is 23.5. The van der Waals surface area contributed by atoms with E-state index < -0.39 is 12.6 Å². The monoisotopic (exact) mass is 434 g/mol. The molecule has 0 bridgehead atoms. The van der Waals surface area contributed by atoms with Gasteiger partial charge in [0.15, 0.2) is 0 Å². The fourth-order valence-corrected chi connectivity index (χ4v) is 5.07. The average Bonchev–Trinajstić information content (AvgIpc) is 3.34. The van der Waals surface area contributed by atoms with Crippen molar-refractivity contribution >= 4 is 22.3 Å². The lowest BCUT2D eigenvalue weighted by molar-refractivity contribution is -0.147. The molecule has 7 nitrogen and oxygen atoms in total. The number of alkyl halides is 3. The molecule has 0 aromatic carbocycles. The van der Waals surface area contributed by atoms with Crippen LogP contribution in [0.15, 0.2) is 18.6 Å². The van der Waals surface area contributed by atoms with Crippen molar-refractivity contribution in [3.8, 4) is 0 Å². The molecule has 10 heteroatoms. The van der Waals surface area contributed by atoms with E-state index in [2.05, 4.69) is 25.2 Å². The van der Waals surface area contributed by atoms with Gasteiger partial charge in [-0.05, 0) is 37.7 Å². The first-order chi connectivity index (χ1) is 14.9. The molecule has 0 unspecified atom stereocenters. The van der Waals surface area contributed by atoms with E-state index in [1.54, 1.807) is 10.8 Å². The molecular formula is C21H25F3N6O. The second-order valence-electron chi connectivity index (χ2n) is 8.97. The van der Waals surface area contributed by atoms with Crippen LogP contribution in [0.25, 0.3) is 16.6 Å². The maximum Gasteiger partial charge on any atom is 0.389 e. The van der Waals surface area contributed by atoms with Crippen molar-refractivity contribution in [2.24, 2.45) is 11.8 Å². The van der Waals surface area contributed by atoms with E-state index in [0.29, 0.717) is 24.9 Å². The number of carbonyl (C=O) groups excluding carboxylic acids is 1. The van der Waals surface area contributed by atoms with Gasteiger partial charge in [-0.15, -0.1) is 5.10 Å². The van der Waals surface area contributed by atoms with Gasteiger partial charge in [-0.2, -0.15) is 13.2 Å². The van der Waals surface area contributed by atoms with Gasteiger partial charge in [0, 0.05) is 49.5 Å². The minimum Gasteiger partial charge on any atom is -0.346 e. The zero-order chi connectivity index (χ0) is 21.6. The van der Waals surface area contributed by atoms with Gasteiger partial charge in [-0.1, -0.05) is 5.21 Å². The van der Waals surface area contributed by atoms with Crippen LogP contribution in [0.4, 0.5) is 13.2 Å². The Hall–Kier alpha value is -2.49. The molecule has 1 N–H and O–H groups in total. The Bertz CT molecular complexity index is 1080. The summed E-state index contributed by atoms with van der Waals surface area (Å²) < 4.78 is 38.6. The molecule has 2 fully saturated rings. The maximum atomic E-state index is 12.3. The second kappa shape index (κ2) is 7.89. The third kappa shape index (κ3) is 4.17. The van der Waals surface area contributed by atoms with E-state index in [0.717, 1.165) is 54.5 Å². The predicted molar refractivity (Wildman–Crippen MR) is 108 cm³/mol. The molecule has 166 valence electrons. The highest BCUT2D eigenvalue weighted by Gasteiger charge is 2.37. The molecule has 1 saturated carbocycles. The number of halogens is 3. The zero-order valence-electron chi connectivity index (χ0n) is 17.1. The number of nitrogens with zero attached hydrogens (tertiary/aromatic N) is 5. The molecule has 2 aliphatic rings. The Labute approximate surface area is 177 Å². The lowest BCUT2D eigenvalue weighted by atomic mass is 9.79. The Morgan fingerprint density at radius 1 is 1.19 bits per heavy atom. The van der Waals surface area contributed by atoms with Crippen molar-refractivity contribution in [3.63, 3.8) is 0 Å². The van der Waals surface area contributed by atoms with Crippen LogP contribution in [0.1, 0.15) is 50.1 Å². The van der Waals surface area contributed by atoms with E-state index >= 15 is 0 Å². The fraction of sp³-hybridized carbons (Fsp3) is 0.619. The van der Waals surface area contributed by atoms with Crippen molar-refractivity contribution in [3.05, 3.63) is 24.3 Å². The van der Waals surface area contributed by atoms with Gasteiger partial charge in [0.2, 0.25) is 0 Å². The van der Waals surface area contributed by atoms with Crippen LogP contribution in [0, 0.1) is 11.8 Å². The third-order valence-corrected chi connectivity index (χ3v) is 6.81. The topological polar surface area (TPSA) is 79.2 Å². The van der Waals surface area contributed by atoms with Crippen molar-refractivity contribution in [2.75, 3.05) is 19.6 Å². The number of fused-ring (bicyclic) bond motifs is 3. The second-order valence-corrected chi connectivity index (χ2v) is 8.97. The summed E-state index contributed by atoms with van der Waals surface area (Å²) in [6, 6.07) is 2.01. The summed E-state index contributed by atoms with van der Waals surface area (Å²) in [4.78, 5) is 21.6. The first-order valence-corrected chi connectivity index (χ1v) is 10.9. The maximum absolute atomic E-state index is 12.3. The smallest absolute Gasteiger partial charge is 0.346 e. The average molecular weight is 434 g/mol. The first kappa shape index (κ1) is 20.4. The lowest BCUT2D eigenvalue weighted by Crippen LogP contribution is -2.52. The summed E-state index contributed by atoms with van der Waals surface area (Å²) in [6.07, 6.45) is 2.15. The van der Waals surface area contributed by atoms with Crippen LogP contribution in [-0.4, -0.2) is 61.3 Å². The quantitative estimate of drug-likeness (QED) is 0.640. The molecule has 1 saturated heterocycles. The van der Waals surface area contributed by atoms with Crippen molar-refractivity contribution in [1.82, 2.24) is 29.7 Å². The first-order valence-electron chi connectivity index (χ1n) is 10.9. The van der Waals surface area contributed by atoms with Gasteiger partial charge in [-0.3, -0.25) is 4.79 Å². The molecule has 0 amide bonds. The minimum atomic E-state index is -4.25. The van der Waals surface area contributed by atoms with Gasteiger partial charge in [0.05, 0.1) is 12.1 Å². The van der Waals surface area contributed by atoms with Crippen LogP contribution >= 0.6 is 0 Å². The van der Waals surface area contributed by atoms with E-state index in [1.165, 1.54) is 0 Å². The molecule has 3 aromatic heterocycles. The summed E-state index contributed by atoms with van der Waals surface area (Å²) in [7, 11) is 0. The van der Waals surface area contributed by atoms with Gasteiger partial charge in [-0.25, -0.2) is 9.50 Å². The largest absolute Gasteiger partial charge is 0.389 e. The fourth-order valence-electron chi connectivity index (χ4n) is 5.07. The Morgan fingerprint density at radius 3 is 2.71 bits per heavy atom. The summed E-state index contributed by atoms with van der Waals surface area (Å²) in [5, 5.41) is 9.74. The molecule has 0 atom stereocenters. The van der Waals surface area contributed by atoms with Gasteiger partial charge < -0.3 is 9.88 Å². The van der Waals surface area contributed by atoms with Crippen molar-refractivity contribution < 1.29 is 18.0 Å². The molecule has 31 heavy (non-hydrogen) atoms. The number of H-pyrrole nitrogens is 1. The summed E-state index contributed by atoms with van der Waals surface area (Å²) in [5.41, 5.74) is 2.89. The number of Topliss-reactive ketones (excluding diaryl/α,β-unsaturated/α-hetero) is 1. The van der Waals surface area contributed by atoms with Gasteiger partial charge >= 0.3 is 6.18 Å². The number of aromatic nitrogens is 5. The number of ketones is 1. The molecule has 3 aromatic rings. The van der Waals surface area contributed by atoms with E-state index in [1.807, 2.05) is 12.3 Å². The Kier molecular flexibility index (Phi) is 5.19. The van der Waals surface area contributed by atoms with Crippen LogP contribution in [0.2, 0.25) is 0 Å². The zero-order valence-corrected chi connectivity index (χ0v) is 17.1. The van der Waals surface area contributed by atoms with E-state index in [9.17, 15) is 18.0 Å². The van der Waals surface area contributed by atoms with Crippen LogP contribution in [0.3, 0.4) is 0 Å². The molecule has 4 heterocycles. The molecular weight excluding hydrogens is 409 g/mol. The lowest BCUT2D eigenvalue weighted by Gasteiger charge is -2.41.